The summed E-state index contributed by atoms with van der Waals surface area (Å²) in [5.41, 5.74) is 9.44. The first kappa shape index (κ1) is 12.1. The predicted molar refractivity (Wildman–Crippen MR) is 75.3 cm³/mol. The summed E-state index contributed by atoms with van der Waals surface area (Å²) in [6.07, 6.45) is 1.06. The topological polar surface area (TPSA) is 38.0 Å². The fraction of sp³-hybridized carbons (Fsp3) is 0.286. The molecule has 3 heteroatoms. The van der Waals surface area contributed by atoms with Gasteiger partial charge in [-0.25, -0.2) is 0 Å². The van der Waals surface area contributed by atoms with Crippen molar-refractivity contribution in [3.63, 3.8) is 0 Å². The van der Waals surface area contributed by atoms with Gasteiger partial charge in [-0.2, -0.15) is 0 Å². The molecule has 0 unspecified atom stereocenters. The number of anilines is 1. The number of benzene rings is 1. The minimum Gasteiger partial charge on any atom is -0.398 e. The number of nitrogens with two attached hydrogens (primary N) is 1. The largest absolute Gasteiger partial charge is 0.398 e. The van der Waals surface area contributed by atoms with Crippen molar-refractivity contribution in [2.45, 2.75) is 19.9 Å². The second kappa shape index (κ2) is 5.84. The number of rotatable bonds is 5. The van der Waals surface area contributed by atoms with Crippen molar-refractivity contribution in [3.05, 3.63) is 51.7 Å². The summed E-state index contributed by atoms with van der Waals surface area (Å²) in [7, 11) is 0. The number of hydrogen-bond donors (Lipinski definition) is 2. The van der Waals surface area contributed by atoms with Crippen molar-refractivity contribution in [2.24, 2.45) is 0 Å². The van der Waals surface area contributed by atoms with Crippen LogP contribution in [0, 0.1) is 6.92 Å². The first-order chi connectivity index (χ1) is 8.25. The normalized spacial score (nSPS) is 10.6. The van der Waals surface area contributed by atoms with Crippen LogP contribution >= 0.6 is 11.3 Å². The fourth-order valence-corrected chi connectivity index (χ4v) is 2.56. The molecule has 17 heavy (non-hydrogen) atoms. The summed E-state index contributed by atoms with van der Waals surface area (Å²) in [4.78, 5) is 1.23. The number of aryl methyl sites for hydroxylation is 1. The van der Waals surface area contributed by atoms with Crippen LogP contribution in [0.3, 0.4) is 0 Å². The highest BCUT2D eigenvalue weighted by molar-refractivity contribution is 7.10. The molecule has 0 bridgehead atoms. The molecular weight excluding hydrogens is 228 g/mol. The Balaban J connectivity index is 1.75. The number of nitrogen functional groups attached to an aromatic ring is 1. The highest BCUT2D eigenvalue weighted by Gasteiger charge is 1.99. The van der Waals surface area contributed by atoms with Gasteiger partial charge in [0.15, 0.2) is 0 Å². The van der Waals surface area contributed by atoms with E-state index in [0.29, 0.717) is 0 Å². The zero-order valence-electron chi connectivity index (χ0n) is 10.1. The first-order valence-corrected chi connectivity index (χ1v) is 6.72. The van der Waals surface area contributed by atoms with E-state index in [0.717, 1.165) is 25.2 Å². The van der Waals surface area contributed by atoms with Crippen LogP contribution in [-0.2, 0) is 13.0 Å². The predicted octanol–water partition coefficient (Wildman–Crippen LogP) is 2.97. The SMILES string of the molecule is Cc1cccc(CCNCc2sccc2N)c1. The van der Waals surface area contributed by atoms with Gasteiger partial charge < -0.3 is 11.1 Å². The van der Waals surface area contributed by atoms with E-state index < -0.39 is 0 Å². The molecule has 0 amide bonds. The summed E-state index contributed by atoms with van der Waals surface area (Å²) in [5, 5.41) is 5.46. The van der Waals surface area contributed by atoms with Gasteiger partial charge in [0, 0.05) is 17.1 Å². The van der Waals surface area contributed by atoms with E-state index in [2.05, 4.69) is 36.5 Å². The van der Waals surface area contributed by atoms with Gasteiger partial charge in [0.2, 0.25) is 0 Å². The minimum atomic E-state index is 0.870. The molecule has 0 aliphatic heterocycles. The fourth-order valence-electron chi connectivity index (χ4n) is 1.80. The number of thiophene rings is 1. The second-order valence-corrected chi connectivity index (χ2v) is 5.22. The lowest BCUT2D eigenvalue weighted by molar-refractivity contribution is 0.694. The molecule has 2 aromatic rings. The minimum absolute atomic E-state index is 0.870. The molecule has 0 fully saturated rings. The lowest BCUT2D eigenvalue weighted by atomic mass is 10.1. The molecule has 1 aromatic heterocycles. The van der Waals surface area contributed by atoms with Gasteiger partial charge in [-0.05, 0) is 36.9 Å². The zero-order valence-corrected chi connectivity index (χ0v) is 10.9. The third-order valence-corrected chi connectivity index (χ3v) is 3.68. The van der Waals surface area contributed by atoms with E-state index in [9.17, 15) is 0 Å². The Morgan fingerprint density at radius 2 is 2.18 bits per heavy atom. The average Bonchev–Trinajstić information content (AvgIpc) is 2.71. The van der Waals surface area contributed by atoms with Gasteiger partial charge >= 0.3 is 0 Å². The van der Waals surface area contributed by atoms with E-state index >= 15 is 0 Å². The molecule has 0 atom stereocenters. The molecule has 0 spiro atoms. The molecule has 0 saturated heterocycles. The van der Waals surface area contributed by atoms with E-state index in [1.807, 2.05) is 11.4 Å². The van der Waals surface area contributed by atoms with Crippen LogP contribution in [0.25, 0.3) is 0 Å². The van der Waals surface area contributed by atoms with Crippen molar-refractivity contribution in [2.75, 3.05) is 12.3 Å². The maximum absolute atomic E-state index is 5.82. The van der Waals surface area contributed by atoms with Crippen LogP contribution in [0.2, 0.25) is 0 Å². The van der Waals surface area contributed by atoms with Crippen LogP contribution in [-0.4, -0.2) is 6.54 Å². The monoisotopic (exact) mass is 246 g/mol. The average molecular weight is 246 g/mol. The Hall–Kier alpha value is -1.32. The van der Waals surface area contributed by atoms with Crippen molar-refractivity contribution < 1.29 is 0 Å². The van der Waals surface area contributed by atoms with E-state index in [1.165, 1.54) is 16.0 Å². The van der Waals surface area contributed by atoms with Gasteiger partial charge in [-0.3, -0.25) is 0 Å². The highest BCUT2D eigenvalue weighted by atomic mass is 32.1. The molecule has 3 N–H and O–H groups in total. The lowest BCUT2D eigenvalue weighted by Gasteiger charge is -2.05. The Labute approximate surface area is 106 Å². The maximum atomic E-state index is 5.82. The number of nitrogens with one attached hydrogen (secondary N) is 1. The van der Waals surface area contributed by atoms with Gasteiger partial charge in [0.1, 0.15) is 0 Å². The van der Waals surface area contributed by atoms with Gasteiger partial charge in [0.25, 0.3) is 0 Å². The maximum Gasteiger partial charge on any atom is 0.0468 e. The summed E-state index contributed by atoms with van der Waals surface area (Å²) in [6, 6.07) is 10.6. The second-order valence-electron chi connectivity index (χ2n) is 4.21. The quantitative estimate of drug-likeness (QED) is 0.796. The van der Waals surface area contributed by atoms with Crippen LogP contribution < -0.4 is 11.1 Å². The van der Waals surface area contributed by atoms with E-state index in [1.54, 1.807) is 11.3 Å². The van der Waals surface area contributed by atoms with E-state index in [-0.39, 0.29) is 0 Å². The molecule has 0 saturated carbocycles. The van der Waals surface area contributed by atoms with Crippen LogP contribution in [0.4, 0.5) is 5.69 Å². The molecule has 0 radical (unpaired) electrons. The van der Waals surface area contributed by atoms with Gasteiger partial charge in [0.05, 0.1) is 0 Å². The summed E-state index contributed by atoms with van der Waals surface area (Å²) < 4.78 is 0. The van der Waals surface area contributed by atoms with Crippen molar-refractivity contribution in [3.8, 4) is 0 Å². The molecule has 1 heterocycles. The molecule has 0 aliphatic rings. The molecule has 1 aromatic carbocycles. The molecule has 90 valence electrons. The third-order valence-electron chi connectivity index (χ3n) is 2.74. The smallest absolute Gasteiger partial charge is 0.0468 e. The van der Waals surface area contributed by atoms with Gasteiger partial charge in [-0.1, -0.05) is 29.8 Å². The molecule has 2 rings (SSSR count). The van der Waals surface area contributed by atoms with Crippen molar-refractivity contribution in [1.29, 1.82) is 0 Å². The Morgan fingerprint density at radius 1 is 1.29 bits per heavy atom. The molecule has 0 aliphatic carbocycles. The Bertz CT molecular complexity index is 477. The first-order valence-electron chi connectivity index (χ1n) is 5.84. The standard InChI is InChI=1S/C14H18N2S/c1-11-3-2-4-12(9-11)5-7-16-10-14-13(15)6-8-17-14/h2-4,6,8-9,16H,5,7,10,15H2,1H3. The molecular formula is C14H18N2S. The van der Waals surface area contributed by atoms with Crippen LogP contribution in [0.15, 0.2) is 35.7 Å². The number of hydrogen-bond acceptors (Lipinski definition) is 3. The van der Waals surface area contributed by atoms with E-state index in [4.69, 9.17) is 5.73 Å². The Morgan fingerprint density at radius 3 is 2.88 bits per heavy atom. The molecule has 2 nitrogen and oxygen atoms in total. The zero-order chi connectivity index (χ0) is 12.1. The summed E-state index contributed by atoms with van der Waals surface area (Å²) >= 11 is 1.71. The van der Waals surface area contributed by atoms with Crippen molar-refractivity contribution >= 4 is 17.0 Å². The third kappa shape index (κ3) is 3.58. The van der Waals surface area contributed by atoms with Crippen LogP contribution in [0.5, 0.6) is 0 Å². The van der Waals surface area contributed by atoms with Crippen molar-refractivity contribution in [1.82, 2.24) is 5.32 Å². The summed E-state index contributed by atoms with van der Waals surface area (Å²) in [5.74, 6) is 0. The Kier molecular flexibility index (Phi) is 4.18. The van der Waals surface area contributed by atoms with Gasteiger partial charge in [-0.15, -0.1) is 11.3 Å². The lowest BCUT2D eigenvalue weighted by Crippen LogP contribution is -2.16. The summed E-state index contributed by atoms with van der Waals surface area (Å²) in [6.45, 7) is 3.99. The highest BCUT2D eigenvalue weighted by Crippen LogP contribution is 2.17. The van der Waals surface area contributed by atoms with Crippen LogP contribution in [0.1, 0.15) is 16.0 Å².